The lowest BCUT2D eigenvalue weighted by Crippen LogP contribution is -2.22. The summed E-state index contributed by atoms with van der Waals surface area (Å²) in [5.41, 5.74) is 7.24. The van der Waals surface area contributed by atoms with Crippen LogP contribution in [0.5, 0.6) is 11.5 Å². The van der Waals surface area contributed by atoms with Crippen molar-refractivity contribution in [3.63, 3.8) is 0 Å². The number of hydrogen-bond acceptors (Lipinski definition) is 5. The van der Waals surface area contributed by atoms with Crippen molar-refractivity contribution in [1.29, 1.82) is 0 Å². The van der Waals surface area contributed by atoms with Gasteiger partial charge in [0.1, 0.15) is 0 Å². The quantitative estimate of drug-likeness (QED) is 0.610. The van der Waals surface area contributed by atoms with Gasteiger partial charge in [0.05, 0.1) is 7.11 Å². The van der Waals surface area contributed by atoms with Crippen LogP contribution in [0.4, 0.5) is 5.69 Å². The van der Waals surface area contributed by atoms with Gasteiger partial charge in [0.25, 0.3) is 5.91 Å². The number of amides is 1. The summed E-state index contributed by atoms with van der Waals surface area (Å²) in [5.74, 6) is 0.898. The van der Waals surface area contributed by atoms with E-state index >= 15 is 0 Å². The molecule has 6 heteroatoms. The molecule has 0 saturated carbocycles. The molecule has 0 atom stereocenters. The van der Waals surface area contributed by atoms with Crippen molar-refractivity contribution in [2.45, 2.75) is 6.54 Å². The Morgan fingerprint density at radius 3 is 2.62 bits per heavy atom. The van der Waals surface area contributed by atoms with Crippen molar-refractivity contribution < 1.29 is 14.3 Å². The molecule has 128 valence electrons. The molecule has 0 heterocycles. The highest BCUT2D eigenvalue weighted by atomic mass is 16.5. The predicted molar refractivity (Wildman–Crippen MR) is 94.3 cm³/mol. The first-order valence-electron chi connectivity index (χ1n) is 7.78. The molecular weight excluding hydrogens is 306 g/mol. The van der Waals surface area contributed by atoms with E-state index in [4.69, 9.17) is 15.2 Å². The van der Waals surface area contributed by atoms with E-state index in [2.05, 4.69) is 10.6 Å². The van der Waals surface area contributed by atoms with Crippen LogP contribution in [0.15, 0.2) is 48.5 Å². The van der Waals surface area contributed by atoms with Gasteiger partial charge in [0.15, 0.2) is 18.1 Å². The molecule has 0 spiro atoms. The highest BCUT2D eigenvalue weighted by molar-refractivity contribution is 5.91. The highest BCUT2D eigenvalue weighted by Gasteiger charge is 2.09. The van der Waals surface area contributed by atoms with Gasteiger partial charge in [-0.2, -0.15) is 0 Å². The van der Waals surface area contributed by atoms with E-state index in [-0.39, 0.29) is 12.5 Å². The number of para-hydroxylation sites is 1. The molecule has 0 fully saturated rings. The van der Waals surface area contributed by atoms with E-state index in [1.54, 1.807) is 13.2 Å². The smallest absolute Gasteiger partial charge is 0.262 e. The summed E-state index contributed by atoms with van der Waals surface area (Å²) in [7, 11) is 1.57. The maximum Gasteiger partial charge on any atom is 0.262 e. The number of hydrogen-bond donors (Lipinski definition) is 3. The monoisotopic (exact) mass is 329 g/mol. The minimum Gasteiger partial charge on any atom is -0.493 e. The Morgan fingerprint density at radius 1 is 1.12 bits per heavy atom. The Morgan fingerprint density at radius 2 is 1.92 bits per heavy atom. The SMILES string of the molecule is COc1cc(CNCCN)ccc1OCC(=O)Nc1ccccc1. The van der Waals surface area contributed by atoms with Gasteiger partial charge >= 0.3 is 0 Å². The topological polar surface area (TPSA) is 85.6 Å². The lowest BCUT2D eigenvalue weighted by Gasteiger charge is -2.12. The summed E-state index contributed by atoms with van der Waals surface area (Å²) in [6.45, 7) is 1.95. The van der Waals surface area contributed by atoms with Crippen LogP contribution in [0.1, 0.15) is 5.56 Å². The molecule has 0 aliphatic carbocycles. The Balaban J connectivity index is 1.90. The number of nitrogens with two attached hydrogens (primary N) is 1. The molecule has 1 amide bonds. The number of rotatable bonds is 9. The maximum absolute atomic E-state index is 11.9. The summed E-state index contributed by atoms with van der Waals surface area (Å²) < 4.78 is 10.9. The summed E-state index contributed by atoms with van der Waals surface area (Å²) in [6.07, 6.45) is 0. The van der Waals surface area contributed by atoms with E-state index in [1.165, 1.54) is 0 Å². The lowest BCUT2D eigenvalue weighted by atomic mass is 10.2. The molecule has 2 aromatic carbocycles. The van der Waals surface area contributed by atoms with Gasteiger partial charge in [-0.1, -0.05) is 24.3 Å². The molecular formula is C18H23N3O3. The first-order valence-corrected chi connectivity index (χ1v) is 7.78. The van der Waals surface area contributed by atoms with Crippen molar-refractivity contribution in [2.75, 3.05) is 32.1 Å². The fourth-order valence-corrected chi connectivity index (χ4v) is 2.14. The average Bonchev–Trinajstić information content (AvgIpc) is 2.61. The van der Waals surface area contributed by atoms with E-state index in [0.717, 1.165) is 17.8 Å². The third-order valence-electron chi connectivity index (χ3n) is 3.29. The van der Waals surface area contributed by atoms with Crippen LogP contribution in [0.3, 0.4) is 0 Å². The zero-order chi connectivity index (χ0) is 17.2. The van der Waals surface area contributed by atoms with Gasteiger partial charge in [-0.15, -0.1) is 0 Å². The second-order valence-corrected chi connectivity index (χ2v) is 5.15. The van der Waals surface area contributed by atoms with Crippen LogP contribution in [0.2, 0.25) is 0 Å². The number of ether oxygens (including phenoxy) is 2. The molecule has 0 aliphatic heterocycles. The van der Waals surface area contributed by atoms with Crippen molar-refractivity contribution in [2.24, 2.45) is 5.73 Å². The molecule has 0 saturated heterocycles. The van der Waals surface area contributed by atoms with Crippen LogP contribution in [0.25, 0.3) is 0 Å². The van der Waals surface area contributed by atoms with Crippen LogP contribution in [-0.2, 0) is 11.3 Å². The average molecular weight is 329 g/mol. The van der Waals surface area contributed by atoms with Gasteiger partial charge in [-0.25, -0.2) is 0 Å². The van der Waals surface area contributed by atoms with Gasteiger partial charge in [-0.05, 0) is 29.8 Å². The maximum atomic E-state index is 11.9. The van der Waals surface area contributed by atoms with Crippen LogP contribution >= 0.6 is 0 Å². The van der Waals surface area contributed by atoms with Gasteiger partial charge in [0, 0.05) is 25.3 Å². The number of methoxy groups -OCH3 is 1. The standard InChI is InChI=1S/C18H23N3O3/c1-23-17-11-14(12-20-10-9-19)7-8-16(17)24-13-18(22)21-15-5-3-2-4-6-15/h2-8,11,20H,9-10,12-13,19H2,1H3,(H,21,22). The summed E-state index contributed by atoms with van der Waals surface area (Å²) in [6, 6.07) is 14.9. The lowest BCUT2D eigenvalue weighted by molar-refractivity contribution is -0.118. The molecule has 24 heavy (non-hydrogen) atoms. The van der Waals surface area contributed by atoms with Crippen molar-refractivity contribution in [3.8, 4) is 11.5 Å². The van der Waals surface area contributed by atoms with Crippen LogP contribution in [0, 0.1) is 0 Å². The number of nitrogens with one attached hydrogen (secondary N) is 2. The number of carbonyl (C=O) groups is 1. The van der Waals surface area contributed by atoms with Crippen molar-refractivity contribution >= 4 is 11.6 Å². The van der Waals surface area contributed by atoms with Crippen molar-refractivity contribution in [3.05, 3.63) is 54.1 Å². The van der Waals surface area contributed by atoms with Crippen molar-refractivity contribution in [1.82, 2.24) is 5.32 Å². The van der Waals surface area contributed by atoms with Gasteiger partial charge < -0.3 is 25.8 Å². The zero-order valence-electron chi connectivity index (χ0n) is 13.7. The first kappa shape index (κ1) is 17.8. The fourth-order valence-electron chi connectivity index (χ4n) is 2.14. The molecule has 2 rings (SSSR count). The van der Waals surface area contributed by atoms with E-state index in [9.17, 15) is 4.79 Å². The largest absolute Gasteiger partial charge is 0.493 e. The Hall–Kier alpha value is -2.57. The van der Waals surface area contributed by atoms with Gasteiger partial charge in [0.2, 0.25) is 0 Å². The van der Waals surface area contributed by atoms with Crippen LogP contribution < -0.4 is 25.8 Å². The summed E-state index contributed by atoms with van der Waals surface area (Å²) in [5, 5.41) is 5.98. The molecule has 6 nitrogen and oxygen atoms in total. The van der Waals surface area contributed by atoms with E-state index < -0.39 is 0 Å². The van der Waals surface area contributed by atoms with E-state index in [0.29, 0.717) is 24.6 Å². The number of anilines is 1. The molecule has 0 unspecified atom stereocenters. The summed E-state index contributed by atoms with van der Waals surface area (Å²) in [4.78, 5) is 11.9. The third kappa shape index (κ3) is 5.57. The zero-order valence-corrected chi connectivity index (χ0v) is 13.7. The Labute approximate surface area is 142 Å². The Bertz CT molecular complexity index is 647. The first-order chi connectivity index (χ1) is 11.7. The number of carbonyl (C=O) groups excluding carboxylic acids is 1. The second kappa shape index (κ2) is 9.54. The van der Waals surface area contributed by atoms with Gasteiger partial charge in [-0.3, -0.25) is 4.79 Å². The molecule has 0 bridgehead atoms. The molecule has 0 aromatic heterocycles. The molecule has 4 N–H and O–H groups in total. The van der Waals surface area contributed by atoms with E-state index in [1.807, 2.05) is 42.5 Å². The fraction of sp³-hybridized carbons (Fsp3) is 0.278. The Kier molecular flexibility index (Phi) is 7.07. The molecule has 2 aromatic rings. The predicted octanol–water partition coefficient (Wildman–Crippen LogP) is 1.76. The minimum atomic E-state index is -0.225. The minimum absolute atomic E-state index is 0.0873. The van der Waals surface area contributed by atoms with Crippen LogP contribution in [-0.4, -0.2) is 32.7 Å². The molecule has 0 radical (unpaired) electrons. The second-order valence-electron chi connectivity index (χ2n) is 5.15. The highest BCUT2D eigenvalue weighted by Crippen LogP contribution is 2.28. The third-order valence-corrected chi connectivity index (χ3v) is 3.29. The number of benzene rings is 2. The molecule has 0 aliphatic rings. The normalized spacial score (nSPS) is 10.2. The summed E-state index contributed by atoms with van der Waals surface area (Å²) >= 11 is 0.